The van der Waals surface area contributed by atoms with E-state index in [1.807, 2.05) is 18.4 Å². The van der Waals surface area contributed by atoms with Gasteiger partial charge in [0.1, 0.15) is 5.01 Å². The Balaban J connectivity index is 1.18. The number of aromatic nitrogens is 2. The first-order chi connectivity index (χ1) is 14.5. The van der Waals surface area contributed by atoms with Crippen molar-refractivity contribution >= 4 is 39.7 Å². The SMILES string of the molecule is Cc1nnc(NC(=O)c2csc([C@@H]3CC3NCC3CCN(CCC(=O)O)CC3)c2)s1. The molecule has 0 spiro atoms. The molecule has 0 aromatic carbocycles. The molecule has 0 bridgehead atoms. The molecule has 162 valence electrons. The molecular formula is C20H27N5O3S2. The van der Waals surface area contributed by atoms with E-state index in [9.17, 15) is 9.59 Å². The summed E-state index contributed by atoms with van der Waals surface area (Å²) in [5.74, 6) is 0.305. The van der Waals surface area contributed by atoms with Crippen molar-refractivity contribution in [3.63, 3.8) is 0 Å². The molecule has 1 amide bonds. The number of aliphatic carboxylic acids is 1. The molecule has 1 saturated heterocycles. The van der Waals surface area contributed by atoms with Crippen molar-refractivity contribution in [1.29, 1.82) is 0 Å². The summed E-state index contributed by atoms with van der Waals surface area (Å²) in [6.45, 7) is 5.52. The molecule has 4 rings (SSSR count). The number of anilines is 1. The topological polar surface area (TPSA) is 107 Å². The number of amides is 1. The number of hydrogen-bond donors (Lipinski definition) is 3. The van der Waals surface area contributed by atoms with Crippen LogP contribution in [0, 0.1) is 12.8 Å². The van der Waals surface area contributed by atoms with E-state index in [1.165, 1.54) is 16.2 Å². The molecule has 2 fully saturated rings. The molecule has 30 heavy (non-hydrogen) atoms. The number of rotatable bonds is 9. The molecule has 10 heteroatoms. The number of carbonyl (C=O) groups excluding carboxylic acids is 1. The number of carboxylic acid groups (broad SMARTS) is 1. The molecule has 2 atom stereocenters. The second-order valence-corrected chi connectivity index (χ2v) is 10.2. The van der Waals surface area contributed by atoms with Crippen LogP contribution in [0.2, 0.25) is 0 Å². The van der Waals surface area contributed by atoms with Crippen LogP contribution >= 0.6 is 22.7 Å². The quantitative estimate of drug-likeness (QED) is 0.540. The highest BCUT2D eigenvalue weighted by molar-refractivity contribution is 7.15. The Kier molecular flexibility index (Phi) is 6.77. The maximum Gasteiger partial charge on any atom is 0.304 e. The average molecular weight is 450 g/mol. The van der Waals surface area contributed by atoms with E-state index < -0.39 is 5.97 Å². The number of nitrogens with one attached hydrogen (secondary N) is 2. The largest absolute Gasteiger partial charge is 0.481 e. The highest BCUT2D eigenvalue weighted by Crippen LogP contribution is 2.43. The summed E-state index contributed by atoms with van der Waals surface area (Å²) in [5, 5.41) is 26.4. The second kappa shape index (κ2) is 9.51. The Morgan fingerprint density at radius 3 is 2.80 bits per heavy atom. The van der Waals surface area contributed by atoms with Gasteiger partial charge in [-0.25, -0.2) is 0 Å². The standard InChI is InChI=1S/C20H27N5O3S2/c1-12-23-24-20(30-12)22-19(28)14-8-17(29-11-14)15-9-16(15)21-10-13-2-5-25(6-3-13)7-4-18(26)27/h8,11,13,15-16,21H,2-7,9-10H2,1H3,(H,26,27)(H,22,24,28)/t15-,16?/m1/s1. The minimum absolute atomic E-state index is 0.131. The van der Waals surface area contributed by atoms with Gasteiger partial charge in [-0.2, -0.15) is 0 Å². The number of carboxylic acids is 1. The molecule has 1 aliphatic heterocycles. The molecule has 2 aromatic rings. The van der Waals surface area contributed by atoms with Gasteiger partial charge in [-0.3, -0.25) is 14.9 Å². The van der Waals surface area contributed by atoms with Crippen LogP contribution in [0.1, 0.15) is 51.8 Å². The summed E-state index contributed by atoms with van der Waals surface area (Å²) >= 11 is 3.02. The van der Waals surface area contributed by atoms with Gasteiger partial charge in [0.15, 0.2) is 0 Å². The van der Waals surface area contributed by atoms with Gasteiger partial charge < -0.3 is 15.3 Å². The third kappa shape index (κ3) is 5.63. The van der Waals surface area contributed by atoms with E-state index in [-0.39, 0.29) is 12.3 Å². The van der Waals surface area contributed by atoms with Gasteiger partial charge in [0.2, 0.25) is 5.13 Å². The van der Waals surface area contributed by atoms with Crippen LogP contribution in [0.3, 0.4) is 0 Å². The normalized spacial score (nSPS) is 22.2. The average Bonchev–Trinajstić information content (AvgIpc) is 3.12. The fraction of sp³-hybridized carbons (Fsp3) is 0.600. The minimum Gasteiger partial charge on any atom is -0.481 e. The van der Waals surface area contributed by atoms with E-state index in [4.69, 9.17) is 5.11 Å². The summed E-state index contributed by atoms with van der Waals surface area (Å²) in [4.78, 5) is 26.6. The monoisotopic (exact) mass is 449 g/mol. The number of piperidine rings is 1. The first kappa shape index (κ1) is 21.4. The van der Waals surface area contributed by atoms with Gasteiger partial charge in [-0.15, -0.1) is 21.5 Å². The van der Waals surface area contributed by atoms with Crippen molar-refractivity contribution in [2.24, 2.45) is 5.92 Å². The molecule has 1 unspecified atom stereocenters. The number of nitrogens with zero attached hydrogens (tertiary/aromatic N) is 3. The molecule has 2 aliphatic rings. The Morgan fingerprint density at radius 2 is 2.10 bits per heavy atom. The Morgan fingerprint density at radius 1 is 1.30 bits per heavy atom. The zero-order valence-electron chi connectivity index (χ0n) is 17.0. The fourth-order valence-electron chi connectivity index (χ4n) is 3.90. The molecule has 8 nitrogen and oxygen atoms in total. The molecule has 2 aromatic heterocycles. The van der Waals surface area contributed by atoms with Crippen molar-refractivity contribution < 1.29 is 14.7 Å². The van der Waals surface area contributed by atoms with Crippen LogP contribution in [-0.2, 0) is 4.79 Å². The predicted molar refractivity (Wildman–Crippen MR) is 117 cm³/mol. The first-order valence-corrected chi connectivity index (χ1v) is 12.0. The van der Waals surface area contributed by atoms with Crippen molar-refractivity contribution in [2.45, 2.75) is 44.6 Å². The van der Waals surface area contributed by atoms with Gasteiger partial charge in [0, 0.05) is 28.8 Å². The first-order valence-electron chi connectivity index (χ1n) is 10.4. The second-order valence-electron chi connectivity index (χ2n) is 8.10. The maximum atomic E-state index is 12.4. The Hall–Kier alpha value is -1.88. The van der Waals surface area contributed by atoms with Gasteiger partial charge in [0.05, 0.1) is 12.0 Å². The van der Waals surface area contributed by atoms with E-state index >= 15 is 0 Å². The van der Waals surface area contributed by atoms with E-state index in [2.05, 4.69) is 25.7 Å². The van der Waals surface area contributed by atoms with Crippen molar-refractivity contribution in [3.8, 4) is 0 Å². The van der Waals surface area contributed by atoms with Crippen LogP contribution in [0.4, 0.5) is 5.13 Å². The van der Waals surface area contributed by atoms with Crippen molar-refractivity contribution in [3.05, 3.63) is 26.9 Å². The highest BCUT2D eigenvalue weighted by atomic mass is 32.1. The third-order valence-electron chi connectivity index (χ3n) is 5.80. The molecule has 0 radical (unpaired) electrons. The number of likely N-dealkylation sites (tertiary alicyclic amines) is 1. The lowest BCUT2D eigenvalue weighted by atomic mass is 9.96. The van der Waals surface area contributed by atoms with Crippen molar-refractivity contribution in [1.82, 2.24) is 20.4 Å². The van der Waals surface area contributed by atoms with Crippen LogP contribution < -0.4 is 10.6 Å². The van der Waals surface area contributed by atoms with Crippen molar-refractivity contribution in [2.75, 3.05) is 31.5 Å². The van der Waals surface area contributed by atoms with Crippen LogP contribution in [0.5, 0.6) is 0 Å². The summed E-state index contributed by atoms with van der Waals surface area (Å²) in [6, 6.07) is 2.50. The minimum atomic E-state index is -0.719. The van der Waals surface area contributed by atoms with E-state index in [0.29, 0.717) is 35.1 Å². The predicted octanol–water partition coefficient (Wildman–Crippen LogP) is 2.79. The summed E-state index contributed by atoms with van der Waals surface area (Å²) in [5.41, 5.74) is 0.683. The fourth-order valence-corrected chi connectivity index (χ4v) is 5.56. The number of hydrogen-bond acceptors (Lipinski definition) is 8. The lowest BCUT2D eigenvalue weighted by molar-refractivity contribution is -0.137. The zero-order valence-corrected chi connectivity index (χ0v) is 18.6. The van der Waals surface area contributed by atoms with Crippen LogP contribution in [-0.4, -0.2) is 64.3 Å². The maximum absolute atomic E-state index is 12.4. The third-order valence-corrected chi connectivity index (χ3v) is 7.62. The summed E-state index contributed by atoms with van der Waals surface area (Å²) in [6.07, 6.45) is 3.60. The molecular weight excluding hydrogens is 422 g/mol. The number of aryl methyl sites for hydroxylation is 1. The van der Waals surface area contributed by atoms with E-state index in [0.717, 1.165) is 43.9 Å². The summed E-state index contributed by atoms with van der Waals surface area (Å²) in [7, 11) is 0. The Labute approximate surface area is 183 Å². The van der Waals surface area contributed by atoms with Gasteiger partial charge in [-0.05, 0) is 57.8 Å². The van der Waals surface area contributed by atoms with Crippen LogP contribution in [0.15, 0.2) is 11.4 Å². The van der Waals surface area contributed by atoms with Gasteiger partial charge >= 0.3 is 5.97 Å². The van der Waals surface area contributed by atoms with Gasteiger partial charge in [0.25, 0.3) is 5.91 Å². The van der Waals surface area contributed by atoms with Gasteiger partial charge in [-0.1, -0.05) is 11.3 Å². The molecule has 3 N–H and O–H groups in total. The summed E-state index contributed by atoms with van der Waals surface area (Å²) < 4.78 is 0. The number of carbonyl (C=O) groups is 2. The Bertz CT molecular complexity index is 891. The number of thiophene rings is 1. The smallest absolute Gasteiger partial charge is 0.304 e. The lowest BCUT2D eigenvalue weighted by Gasteiger charge is -2.31. The highest BCUT2D eigenvalue weighted by Gasteiger charge is 2.39. The molecule has 3 heterocycles. The molecule has 1 aliphatic carbocycles. The van der Waals surface area contributed by atoms with E-state index in [1.54, 1.807) is 11.3 Å². The lowest BCUT2D eigenvalue weighted by Crippen LogP contribution is -2.38. The zero-order chi connectivity index (χ0) is 21.1. The molecule has 1 saturated carbocycles. The van der Waals surface area contributed by atoms with Crippen LogP contribution in [0.25, 0.3) is 0 Å².